The summed E-state index contributed by atoms with van der Waals surface area (Å²) in [6.07, 6.45) is 0.187. The van der Waals surface area contributed by atoms with E-state index in [4.69, 9.17) is 5.11 Å². The van der Waals surface area contributed by atoms with Crippen LogP contribution >= 0.6 is 11.3 Å². The van der Waals surface area contributed by atoms with Crippen LogP contribution in [0, 0.1) is 0 Å². The summed E-state index contributed by atoms with van der Waals surface area (Å²) in [5.41, 5.74) is 2.71. The minimum Gasteiger partial charge on any atom is -0.447 e. The average Bonchev–Trinajstić information content (AvgIpc) is 2.67. The number of rotatable bonds is 5. The Kier molecular flexibility index (Phi) is 4.95. The fourth-order valence-corrected chi connectivity index (χ4v) is 1.44. The monoisotopic (exact) mass is 216 g/mol. The summed E-state index contributed by atoms with van der Waals surface area (Å²) < 4.78 is 4.59. The van der Waals surface area contributed by atoms with E-state index in [0.29, 0.717) is 13.0 Å². The topological polar surface area (TPSA) is 71.5 Å². The third kappa shape index (κ3) is 4.20. The molecule has 1 amide bonds. The summed E-state index contributed by atoms with van der Waals surface area (Å²) in [6, 6.07) is 0. The van der Waals surface area contributed by atoms with Crippen molar-refractivity contribution in [2.24, 2.45) is 0 Å². The predicted octanol–water partition coefficient (Wildman–Crippen LogP) is 0.404. The number of nitrogens with zero attached hydrogens (tertiary/aromatic N) is 1. The molecule has 0 aliphatic carbocycles. The van der Waals surface area contributed by atoms with Crippen LogP contribution in [-0.2, 0) is 11.2 Å². The van der Waals surface area contributed by atoms with Crippen molar-refractivity contribution in [2.45, 2.75) is 6.42 Å². The molecule has 2 N–H and O–H groups in total. The third-order valence-electron chi connectivity index (χ3n) is 1.46. The molecule has 0 spiro atoms. The lowest BCUT2D eigenvalue weighted by Crippen LogP contribution is -2.27. The highest BCUT2D eigenvalue weighted by molar-refractivity contribution is 7.07. The molecule has 1 aromatic heterocycles. The molecule has 1 aromatic rings. The van der Waals surface area contributed by atoms with Crippen LogP contribution in [0.25, 0.3) is 0 Å². The van der Waals surface area contributed by atoms with Gasteiger partial charge in [0.25, 0.3) is 0 Å². The highest BCUT2D eigenvalue weighted by Gasteiger charge is 2.00. The van der Waals surface area contributed by atoms with Gasteiger partial charge in [0.05, 0.1) is 17.8 Å². The van der Waals surface area contributed by atoms with Crippen molar-refractivity contribution in [3.05, 3.63) is 16.6 Å². The Hall–Kier alpha value is -1.14. The molecule has 0 aliphatic rings. The van der Waals surface area contributed by atoms with E-state index in [-0.39, 0.29) is 13.2 Å². The van der Waals surface area contributed by atoms with Crippen LogP contribution in [0.3, 0.4) is 0 Å². The molecular weight excluding hydrogens is 204 g/mol. The quantitative estimate of drug-likeness (QED) is 0.747. The summed E-state index contributed by atoms with van der Waals surface area (Å²) in [5, 5.41) is 12.9. The lowest BCUT2D eigenvalue weighted by Gasteiger charge is -2.03. The Morgan fingerprint density at radius 2 is 2.57 bits per heavy atom. The molecule has 14 heavy (non-hydrogen) atoms. The number of hydrogen-bond donors (Lipinski definition) is 2. The molecule has 0 saturated heterocycles. The van der Waals surface area contributed by atoms with E-state index in [9.17, 15) is 4.79 Å². The van der Waals surface area contributed by atoms with Gasteiger partial charge in [-0.05, 0) is 0 Å². The van der Waals surface area contributed by atoms with Crippen molar-refractivity contribution in [1.29, 1.82) is 0 Å². The number of amides is 1. The average molecular weight is 216 g/mol. The first-order chi connectivity index (χ1) is 6.83. The number of carbonyl (C=O) groups excluding carboxylic acids is 1. The second-order valence-corrected chi connectivity index (χ2v) is 3.23. The Morgan fingerprint density at radius 3 is 3.21 bits per heavy atom. The number of nitrogens with one attached hydrogen (secondary N) is 1. The van der Waals surface area contributed by atoms with Gasteiger partial charge in [-0.1, -0.05) is 0 Å². The zero-order valence-electron chi connectivity index (χ0n) is 7.60. The summed E-state index contributed by atoms with van der Waals surface area (Å²) in [7, 11) is 0. The van der Waals surface area contributed by atoms with Crippen molar-refractivity contribution in [1.82, 2.24) is 10.3 Å². The minimum absolute atomic E-state index is 0.0303. The first-order valence-electron chi connectivity index (χ1n) is 4.21. The highest BCUT2D eigenvalue weighted by atomic mass is 32.1. The smallest absolute Gasteiger partial charge is 0.407 e. The first kappa shape index (κ1) is 10.9. The Bertz CT molecular complexity index is 264. The van der Waals surface area contributed by atoms with Crippen LogP contribution in [0.1, 0.15) is 5.69 Å². The van der Waals surface area contributed by atoms with Gasteiger partial charge in [0.2, 0.25) is 0 Å². The zero-order valence-corrected chi connectivity index (χ0v) is 8.42. The summed E-state index contributed by atoms with van der Waals surface area (Å²) in [5.74, 6) is 0. The predicted molar refractivity (Wildman–Crippen MR) is 52.3 cm³/mol. The van der Waals surface area contributed by atoms with Crippen LogP contribution in [-0.4, -0.2) is 35.9 Å². The maximum atomic E-state index is 10.9. The molecule has 1 heterocycles. The van der Waals surface area contributed by atoms with E-state index in [1.165, 1.54) is 11.3 Å². The van der Waals surface area contributed by atoms with E-state index in [1.54, 1.807) is 5.51 Å². The highest BCUT2D eigenvalue weighted by Crippen LogP contribution is 2.00. The van der Waals surface area contributed by atoms with Crippen molar-refractivity contribution >= 4 is 17.4 Å². The van der Waals surface area contributed by atoms with E-state index in [2.05, 4.69) is 15.0 Å². The first-order valence-corrected chi connectivity index (χ1v) is 5.15. The molecule has 5 nitrogen and oxygen atoms in total. The molecule has 0 atom stereocenters. The maximum Gasteiger partial charge on any atom is 0.407 e. The van der Waals surface area contributed by atoms with Crippen molar-refractivity contribution in [3.63, 3.8) is 0 Å². The number of aliphatic hydroxyl groups is 1. The number of alkyl carbamates (subject to hydrolysis) is 1. The standard InChI is InChI=1S/C8H12N2O3S/c11-3-4-13-8(12)9-2-1-7-5-14-6-10-7/h5-6,11H,1-4H2,(H,9,12). The van der Waals surface area contributed by atoms with Crippen molar-refractivity contribution in [2.75, 3.05) is 19.8 Å². The van der Waals surface area contributed by atoms with Gasteiger partial charge in [-0.25, -0.2) is 9.78 Å². The molecule has 1 rings (SSSR count). The number of aromatic nitrogens is 1. The number of carbonyl (C=O) groups is 1. The second-order valence-electron chi connectivity index (χ2n) is 2.52. The van der Waals surface area contributed by atoms with Crippen LogP contribution < -0.4 is 5.32 Å². The SMILES string of the molecule is O=C(NCCc1cscn1)OCCO. The van der Waals surface area contributed by atoms with Gasteiger partial charge < -0.3 is 15.2 Å². The molecule has 6 heteroatoms. The zero-order chi connectivity index (χ0) is 10.2. The normalized spacial score (nSPS) is 9.79. The van der Waals surface area contributed by atoms with Crippen molar-refractivity contribution < 1.29 is 14.6 Å². The molecular formula is C8H12N2O3S. The van der Waals surface area contributed by atoms with Gasteiger partial charge in [-0.15, -0.1) is 11.3 Å². The number of thiazole rings is 1. The lowest BCUT2D eigenvalue weighted by atomic mass is 10.3. The van der Waals surface area contributed by atoms with E-state index >= 15 is 0 Å². The fraction of sp³-hybridized carbons (Fsp3) is 0.500. The molecule has 0 bridgehead atoms. The van der Waals surface area contributed by atoms with Crippen molar-refractivity contribution in [3.8, 4) is 0 Å². The Labute approximate surface area is 85.7 Å². The molecule has 0 unspecified atom stereocenters. The second kappa shape index (κ2) is 6.33. The van der Waals surface area contributed by atoms with Gasteiger partial charge >= 0.3 is 6.09 Å². The summed E-state index contributed by atoms with van der Waals surface area (Å²) in [4.78, 5) is 14.9. The molecule has 0 radical (unpaired) electrons. The number of ether oxygens (including phenoxy) is 1. The molecule has 78 valence electrons. The van der Waals surface area contributed by atoms with Crippen LogP contribution in [0.5, 0.6) is 0 Å². The lowest BCUT2D eigenvalue weighted by molar-refractivity contribution is 0.119. The molecule has 0 saturated carbocycles. The van der Waals surface area contributed by atoms with Gasteiger partial charge in [0, 0.05) is 18.3 Å². The van der Waals surface area contributed by atoms with Gasteiger partial charge in [-0.2, -0.15) is 0 Å². The summed E-state index contributed by atoms with van der Waals surface area (Å²) >= 11 is 1.52. The van der Waals surface area contributed by atoms with E-state index in [1.807, 2.05) is 5.38 Å². The molecule has 0 aromatic carbocycles. The third-order valence-corrected chi connectivity index (χ3v) is 2.09. The van der Waals surface area contributed by atoms with E-state index < -0.39 is 6.09 Å². The van der Waals surface area contributed by atoms with Gasteiger partial charge in [0.1, 0.15) is 6.61 Å². The Morgan fingerprint density at radius 1 is 1.71 bits per heavy atom. The maximum absolute atomic E-state index is 10.9. The van der Waals surface area contributed by atoms with Crippen LogP contribution in [0.2, 0.25) is 0 Å². The van der Waals surface area contributed by atoms with Crippen LogP contribution in [0.4, 0.5) is 4.79 Å². The Balaban J connectivity index is 2.06. The largest absolute Gasteiger partial charge is 0.447 e. The number of aliphatic hydroxyl groups excluding tert-OH is 1. The molecule has 0 fully saturated rings. The molecule has 0 aliphatic heterocycles. The van der Waals surface area contributed by atoms with Gasteiger partial charge in [0.15, 0.2) is 0 Å². The number of hydrogen-bond acceptors (Lipinski definition) is 5. The minimum atomic E-state index is -0.505. The summed E-state index contributed by atoms with van der Waals surface area (Å²) in [6.45, 7) is 0.371. The fourth-order valence-electron chi connectivity index (χ4n) is 0.843. The van der Waals surface area contributed by atoms with E-state index in [0.717, 1.165) is 5.69 Å². The van der Waals surface area contributed by atoms with Crippen LogP contribution in [0.15, 0.2) is 10.9 Å². The van der Waals surface area contributed by atoms with Gasteiger partial charge in [-0.3, -0.25) is 0 Å².